The molecule has 0 radical (unpaired) electrons. The summed E-state index contributed by atoms with van der Waals surface area (Å²) in [4.78, 5) is 10.4. The van der Waals surface area contributed by atoms with Crippen LogP contribution in [-0.2, 0) is 0 Å². The van der Waals surface area contributed by atoms with Gasteiger partial charge in [0.05, 0.1) is 11.4 Å². The summed E-state index contributed by atoms with van der Waals surface area (Å²) in [6.07, 6.45) is 0.729. The predicted octanol–water partition coefficient (Wildman–Crippen LogP) is 2.54. The van der Waals surface area contributed by atoms with Crippen LogP contribution in [0.5, 0.6) is 0 Å². The van der Waals surface area contributed by atoms with Gasteiger partial charge in [0.25, 0.3) is 0 Å². The highest BCUT2D eigenvalue weighted by Crippen LogP contribution is 2.19. The lowest BCUT2D eigenvalue weighted by Gasteiger charge is -1.94. The van der Waals surface area contributed by atoms with E-state index in [1.807, 2.05) is 12.1 Å². The molecule has 1 N–H and O–H groups in total. The Balaban J connectivity index is 2.39. The molecule has 0 saturated heterocycles. The van der Waals surface area contributed by atoms with Crippen molar-refractivity contribution in [3.05, 3.63) is 41.0 Å². The third-order valence-electron chi connectivity index (χ3n) is 1.86. The average molecular weight is 207 g/mol. The van der Waals surface area contributed by atoms with Crippen LogP contribution >= 0.6 is 11.6 Å². The van der Waals surface area contributed by atoms with Crippen molar-refractivity contribution in [1.82, 2.24) is 10.2 Å². The summed E-state index contributed by atoms with van der Waals surface area (Å²) in [5.41, 5.74) is 2.14. The summed E-state index contributed by atoms with van der Waals surface area (Å²) in [6.45, 7) is 0. The Kier molecular flexibility index (Phi) is 2.33. The molecule has 1 aromatic carbocycles. The topological polar surface area (TPSA) is 45.8 Å². The molecule has 0 aliphatic rings. The molecule has 1 aromatic heterocycles. The number of hydrogen-bond donors (Lipinski definition) is 1. The summed E-state index contributed by atoms with van der Waals surface area (Å²) in [5.74, 6) is 0. The molecule has 0 saturated carbocycles. The number of aromatic amines is 1. The van der Waals surface area contributed by atoms with Gasteiger partial charge in [0.2, 0.25) is 0 Å². The summed E-state index contributed by atoms with van der Waals surface area (Å²) in [6, 6.07) is 8.97. The van der Waals surface area contributed by atoms with E-state index in [1.165, 1.54) is 0 Å². The number of hydrogen-bond acceptors (Lipinski definition) is 2. The van der Waals surface area contributed by atoms with E-state index in [1.54, 1.807) is 18.2 Å². The highest BCUT2D eigenvalue weighted by atomic mass is 35.5. The number of nitrogens with zero attached hydrogens (tertiary/aromatic N) is 1. The minimum absolute atomic E-state index is 0.468. The van der Waals surface area contributed by atoms with Gasteiger partial charge in [-0.05, 0) is 18.2 Å². The molecule has 4 heteroatoms. The van der Waals surface area contributed by atoms with Gasteiger partial charge in [0.15, 0.2) is 6.29 Å². The molecule has 2 aromatic rings. The maximum absolute atomic E-state index is 10.4. The Hall–Kier alpha value is -1.61. The number of aldehydes is 1. The number of H-pyrrole nitrogens is 1. The van der Waals surface area contributed by atoms with Crippen LogP contribution in [0.2, 0.25) is 5.02 Å². The van der Waals surface area contributed by atoms with Crippen molar-refractivity contribution in [1.29, 1.82) is 0 Å². The molecule has 2 rings (SSSR count). The van der Waals surface area contributed by atoms with E-state index in [-0.39, 0.29) is 0 Å². The number of benzene rings is 1. The Morgan fingerprint density at radius 3 is 2.57 bits per heavy atom. The summed E-state index contributed by atoms with van der Waals surface area (Å²) in [5, 5.41) is 7.29. The van der Waals surface area contributed by atoms with Gasteiger partial charge in [-0.15, -0.1) is 0 Å². The lowest BCUT2D eigenvalue weighted by molar-refractivity contribution is 0.111. The van der Waals surface area contributed by atoms with Gasteiger partial charge in [0, 0.05) is 10.6 Å². The molecule has 3 nitrogen and oxygen atoms in total. The van der Waals surface area contributed by atoms with E-state index in [4.69, 9.17) is 11.6 Å². The smallest absolute Gasteiger partial charge is 0.167 e. The van der Waals surface area contributed by atoms with Crippen LogP contribution in [0, 0.1) is 0 Å². The summed E-state index contributed by atoms with van der Waals surface area (Å²) < 4.78 is 0. The van der Waals surface area contributed by atoms with Crippen molar-refractivity contribution in [2.45, 2.75) is 0 Å². The Bertz CT molecular complexity index is 447. The number of carbonyl (C=O) groups is 1. The normalized spacial score (nSPS) is 10.1. The van der Waals surface area contributed by atoms with Crippen LogP contribution < -0.4 is 0 Å². The first-order valence-electron chi connectivity index (χ1n) is 4.06. The molecule has 0 bridgehead atoms. The average Bonchev–Trinajstić information content (AvgIpc) is 2.67. The molecule has 0 atom stereocenters. The van der Waals surface area contributed by atoms with Gasteiger partial charge < -0.3 is 0 Å². The SMILES string of the molecule is O=Cc1cc(-c2ccc(Cl)cc2)n[nH]1. The molecule has 0 aliphatic carbocycles. The minimum Gasteiger partial charge on any atom is -0.296 e. The zero-order chi connectivity index (χ0) is 9.97. The van der Waals surface area contributed by atoms with E-state index in [9.17, 15) is 4.79 Å². The van der Waals surface area contributed by atoms with Gasteiger partial charge in [-0.25, -0.2) is 0 Å². The fraction of sp³-hybridized carbons (Fsp3) is 0. The first kappa shape index (κ1) is 8.97. The standard InChI is InChI=1S/C10H7ClN2O/c11-8-3-1-7(2-4-8)10-5-9(6-14)12-13-10/h1-6H,(H,12,13). The maximum Gasteiger partial charge on any atom is 0.167 e. The quantitative estimate of drug-likeness (QED) is 0.768. The van der Waals surface area contributed by atoms with E-state index < -0.39 is 0 Å². The zero-order valence-corrected chi connectivity index (χ0v) is 7.95. The zero-order valence-electron chi connectivity index (χ0n) is 7.20. The molecular weight excluding hydrogens is 200 g/mol. The predicted molar refractivity (Wildman–Crippen MR) is 54.4 cm³/mol. The van der Waals surface area contributed by atoms with Crippen molar-refractivity contribution in [2.75, 3.05) is 0 Å². The van der Waals surface area contributed by atoms with Gasteiger partial charge in [0.1, 0.15) is 0 Å². The van der Waals surface area contributed by atoms with E-state index in [2.05, 4.69) is 10.2 Å². The molecule has 14 heavy (non-hydrogen) atoms. The number of rotatable bonds is 2. The molecule has 0 spiro atoms. The lowest BCUT2D eigenvalue weighted by Crippen LogP contribution is -1.76. The first-order chi connectivity index (χ1) is 6.79. The van der Waals surface area contributed by atoms with E-state index in [0.717, 1.165) is 17.5 Å². The first-order valence-corrected chi connectivity index (χ1v) is 4.44. The van der Waals surface area contributed by atoms with Gasteiger partial charge >= 0.3 is 0 Å². The largest absolute Gasteiger partial charge is 0.296 e. The Morgan fingerprint density at radius 2 is 2.00 bits per heavy atom. The van der Waals surface area contributed by atoms with Crippen molar-refractivity contribution < 1.29 is 4.79 Å². The third-order valence-corrected chi connectivity index (χ3v) is 2.12. The Morgan fingerprint density at radius 1 is 1.29 bits per heavy atom. The van der Waals surface area contributed by atoms with Crippen LogP contribution in [0.15, 0.2) is 30.3 Å². The summed E-state index contributed by atoms with van der Waals surface area (Å²) >= 11 is 5.75. The fourth-order valence-corrected chi connectivity index (χ4v) is 1.29. The molecule has 0 aliphatic heterocycles. The minimum atomic E-state index is 0.468. The Labute approximate surface area is 85.7 Å². The van der Waals surface area contributed by atoms with Crippen LogP contribution in [0.3, 0.4) is 0 Å². The van der Waals surface area contributed by atoms with Crippen molar-refractivity contribution in [3.63, 3.8) is 0 Å². The molecule has 0 amide bonds. The highest BCUT2D eigenvalue weighted by Gasteiger charge is 2.02. The van der Waals surface area contributed by atoms with Crippen molar-refractivity contribution in [3.8, 4) is 11.3 Å². The second-order valence-electron chi connectivity index (χ2n) is 2.83. The van der Waals surface area contributed by atoms with E-state index in [0.29, 0.717) is 10.7 Å². The van der Waals surface area contributed by atoms with Gasteiger partial charge in [-0.3, -0.25) is 9.89 Å². The molecule has 70 valence electrons. The monoisotopic (exact) mass is 206 g/mol. The van der Waals surface area contributed by atoms with Crippen molar-refractivity contribution >= 4 is 17.9 Å². The number of carbonyl (C=O) groups excluding carboxylic acids is 1. The molecule has 1 heterocycles. The highest BCUT2D eigenvalue weighted by molar-refractivity contribution is 6.30. The van der Waals surface area contributed by atoms with Crippen LogP contribution in [0.4, 0.5) is 0 Å². The van der Waals surface area contributed by atoms with Crippen LogP contribution in [0.1, 0.15) is 10.5 Å². The summed E-state index contributed by atoms with van der Waals surface area (Å²) in [7, 11) is 0. The van der Waals surface area contributed by atoms with Gasteiger partial charge in [-0.1, -0.05) is 23.7 Å². The second-order valence-corrected chi connectivity index (χ2v) is 3.27. The van der Waals surface area contributed by atoms with Gasteiger partial charge in [-0.2, -0.15) is 5.10 Å². The number of aromatic nitrogens is 2. The molecule has 0 unspecified atom stereocenters. The third kappa shape index (κ3) is 1.67. The van der Waals surface area contributed by atoms with Crippen molar-refractivity contribution in [2.24, 2.45) is 0 Å². The van der Waals surface area contributed by atoms with Crippen LogP contribution in [-0.4, -0.2) is 16.5 Å². The van der Waals surface area contributed by atoms with E-state index >= 15 is 0 Å². The maximum atomic E-state index is 10.4. The number of nitrogens with one attached hydrogen (secondary N) is 1. The lowest BCUT2D eigenvalue weighted by atomic mass is 10.1. The fourth-order valence-electron chi connectivity index (χ4n) is 1.17. The van der Waals surface area contributed by atoms with Crippen LogP contribution in [0.25, 0.3) is 11.3 Å². The number of halogens is 1. The molecule has 0 fully saturated rings. The molecular formula is C10H7ClN2O. The second kappa shape index (κ2) is 3.64.